The van der Waals surface area contributed by atoms with Gasteiger partial charge in [0.1, 0.15) is 18.2 Å². The molecule has 0 saturated carbocycles. The second-order valence-corrected chi connectivity index (χ2v) is 7.45. The van der Waals surface area contributed by atoms with Crippen molar-refractivity contribution in [2.45, 2.75) is 25.9 Å². The fourth-order valence-electron chi connectivity index (χ4n) is 3.32. The minimum absolute atomic E-state index is 0.0868. The lowest BCUT2D eigenvalue weighted by Gasteiger charge is -2.15. The highest BCUT2D eigenvalue weighted by molar-refractivity contribution is 7.09. The first kappa shape index (κ1) is 17.7. The Kier molecular flexibility index (Phi) is 5.16. The van der Waals surface area contributed by atoms with Gasteiger partial charge >= 0.3 is 0 Å². The van der Waals surface area contributed by atoms with Crippen molar-refractivity contribution in [1.29, 1.82) is 0 Å². The summed E-state index contributed by atoms with van der Waals surface area (Å²) in [5.74, 6) is 0.355. The predicted molar refractivity (Wildman–Crippen MR) is 109 cm³/mol. The highest BCUT2D eigenvalue weighted by atomic mass is 32.1. The van der Waals surface area contributed by atoms with Crippen LogP contribution in [0.2, 0.25) is 0 Å². The van der Waals surface area contributed by atoms with Crippen molar-refractivity contribution in [3.8, 4) is 5.75 Å². The SMILES string of the molecule is CCC(c1cc(F)cc(OCc2ccc3ccccc3c2)c1)c1nccs1. The van der Waals surface area contributed by atoms with E-state index in [1.165, 1.54) is 16.8 Å². The van der Waals surface area contributed by atoms with Crippen LogP contribution in [0.4, 0.5) is 4.39 Å². The van der Waals surface area contributed by atoms with E-state index in [0.29, 0.717) is 12.4 Å². The Bertz CT molecular complexity index is 1050. The van der Waals surface area contributed by atoms with Crippen molar-refractivity contribution in [2.75, 3.05) is 0 Å². The van der Waals surface area contributed by atoms with Gasteiger partial charge in [0.05, 0.1) is 5.01 Å². The lowest BCUT2D eigenvalue weighted by atomic mass is 9.97. The van der Waals surface area contributed by atoms with Gasteiger partial charge in [0, 0.05) is 23.6 Å². The van der Waals surface area contributed by atoms with E-state index in [1.807, 2.05) is 29.6 Å². The standard InChI is InChI=1S/C23H20FNOS/c1-2-22(23-25-9-10-27-23)19-12-20(24)14-21(13-19)26-15-16-7-8-17-5-3-4-6-18(17)11-16/h3-14,22H,2,15H2,1H3. The molecule has 0 aliphatic heterocycles. The Balaban J connectivity index is 1.55. The summed E-state index contributed by atoms with van der Waals surface area (Å²) in [7, 11) is 0. The van der Waals surface area contributed by atoms with Crippen molar-refractivity contribution < 1.29 is 9.13 Å². The minimum Gasteiger partial charge on any atom is -0.489 e. The maximum atomic E-state index is 14.2. The van der Waals surface area contributed by atoms with Crippen LogP contribution in [0, 0.1) is 5.82 Å². The average Bonchev–Trinajstić information content (AvgIpc) is 3.21. The molecule has 0 aliphatic carbocycles. The first-order chi connectivity index (χ1) is 13.2. The van der Waals surface area contributed by atoms with Crippen LogP contribution in [-0.2, 0) is 6.61 Å². The van der Waals surface area contributed by atoms with Gasteiger partial charge in [0.2, 0.25) is 0 Å². The van der Waals surface area contributed by atoms with Crippen molar-refractivity contribution in [1.82, 2.24) is 4.98 Å². The van der Waals surface area contributed by atoms with Gasteiger partial charge in [0.15, 0.2) is 0 Å². The van der Waals surface area contributed by atoms with Crippen molar-refractivity contribution in [3.63, 3.8) is 0 Å². The van der Waals surface area contributed by atoms with Gasteiger partial charge in [-0.1, -0.05) is 43.3 Å². The fraction of sp³-hybridized carbons (Fsp3) is 0.174. The van der Waals surface area contributed by atoms with Crippen LogP contribution in [0.25, 0.3) is 10.8 Å². The lowest BCUT2D eigenvalue weighted by Crippen LogP contribution is -2.02. The second kappa shape index (κ2) is 7.89. The van der Waals surface area contributed by atoms with E-state index in [9.17, 15) is 4.39 Å². The number of halogens is 1. The van der Waals surface area contributed by atoms with Gasteiger partial charge in [0.25, 0.3) is 0 Å². The molecule has 0 fully saturated rings. The number of rotatable bonds is 6. The molecule has 0 radical (unpaired) electrons. The molecule has 0 amide bonds. The van der Waals surface area contributed by atoms with E-state index in [1.54, 1.807) is 23.6 Å². The molecule has 136 valence electrons. The van der Waals surface area contributed by atoms with E-state index in [4.69, 9.17) is 4.74 Å². The molecule has 0 spiro atoms. The summed E-state index contributed by atoms with van der Waals surface area (Å²) in [6, 6.07) is 19.4. The topological polar surface area (TPSA) is 22.1 Å². The highest BCUT2D eigenvalue weighted by Gasteiger charge is 2.16. The third-order valence-electron chi connectivity index (χ3n) is 4.67. The van der Waals surface area contributed by atoms with Crippen LogP contribution in [0.1, 0.15) is 35.4 Å². The van der Waals surface area contributed by atoms with E-state index in [0.717, 1.165) is 22.6 Å². The molecular weight excluding hydrogens is 357 g/mol. The Morgan fingerprint density at radius 3 is 2.67 bits per heavy atom. The number of thiazole rings is 1. The normalized spacial score (nSPS) is 12.2. The Morgan fingerprint density at radius 1 is 1.04 bits per heavy atom. The number of benzene rings is 3. The molecule has 1 atom stereocenters. The highest BCUT2D eigenvalue weighted by Crippen LogP contribution is 2.32. The van der Waals surface area contributed by atoms with E-state index < -0.39 is 0 Å². The number of hydrogen-bond donors (Lipinski definition) is 0. The molecule has 4 rings (SSSR count). The zero-order chi connectivity index (χ0) is 18.6. The summed E-state index contributed by atoms with van der Waals surface area (Å²) in [6.07, 6.45) is 2.65. The summed E-state index contributed by atoms with van der Waals surface area (Å²) in [6.45, 7) is 2.49. The maximum absolute atomic E-state index is 14.2. The number of fused-ring (bicyclic) bond motifs is 1. The summed E-state index contributed by atoms with van der Waals surface area (Å²) in [5, 5.41) is 5.33. The van der Waals surface area contributed by atoms with Crippen LogP contribution in [0.3, 0.4) is 0 Å². The third-order valence-corrected chi connectivity index (χ3v) is 5.56. The molecule has 0 aliphatic rings. The molecule has 27 heavy (non-hydrogen) atoms. The average molecular weight is 377 g/mol. The van der Waals surface area contributed by atoms with Gasteiger partial charge < -0.3 is 4.74 Å². The molecule has 4 aromatic rings. The largest absolute Gasteiger partial charge is 0.489 e. The molecular formula is C23H20FNOS. The first-order valence-corrected chi connectivity index (χ1v) is 9.91. The summed E-state index contributed by atoms with van der Waals surface area (Å²) >= 11 is 1.60. The molecule has 1 unspecified atom stereocenters. The Morgan fingerprint density at radius 2 is 1.89 bits per heavy atom. The molecule has 1 aromatic heterocycles. The quantitative estimate of drug-likeness (QED) is 0.380. The number of aromatic nitrogens is 1. The molecule has 0 bridgehead atoms. The van der Waals surface area contributed by atoms with E-state index in [2.05, 4.69) is 36.2 Å². The van der Waals surface area contributed by atoms with Gasteiger partial charge in [-0.05, 0) is 46.5 Å². The van der Waals surface area contributed by atoms with Gasteiger partial charge in [-0.25, -0.2) is 9.37 Å². The number of nitrogens with zero attached hydrogens (tertiary/aromatic N) is 1. The molecule has 4 heteroatoms. The van der Waals surface area contributed by atoms with Gasteiger partial charge in [-0.15, -0.1) is 11.3 Å². The van der Waals surface area contributed by atoms with E-state index in [-0.39, 0.29) is 11.7 Å². The molecule has 2 nitrogen and oxygen atoms in total. The third kappa shape index (κ3) is 4.01. The molecule has 1 heterocycles. The lowest BCUT2D eigenvalue weighted by molar-refractivity contribution is 0.304. The van der Waals surface area contributed by atoms with Crippen LogP contribution in [0.5, 0.6) is 5.75 Å². The van der Waals surface area contributed by atoms with Gasteiger partial charge in [-0.3, -0.25) is 0 Å². The van der Waals surface area contributed by atoms with Crippen LogP contribution >= 0.6 is 11.3 Å². The fourth-order valence-corrected chi connectivity index (χ4v) is 4.17. The van der Waals surface area contributed by atoms with Crippen LogP contribution in [-0.4, -0.2) is 4.98 Å². The maximum Gasteiger partial charge on any atom is 0.127 e. The van der Waals surface area contributed by atoms with Crippen LogP contribution in [0.15, 0.2) is 72.2 Å². The first-order valence-electron chi connectivity index (χ1n) is 9.03. The summed E-state index contributed by atoms with van der Waals surface area (Å²) in [4.78, 5) is 4.40. The van der Waals surface area contributed by atoms with Crippen molar-refractivity contribution in [2.24, 2.45) is 0 Å². The summed E-state index contributed by atoms with van der Waals surface area (Å²) in [5.41, 5.74) is 1.97. The number of hydrogen-bond acceptors (Lipinski definition) is 3. The monoisotopic (exact) mass is 377 g/mol. The van der Waals surface area contributed by atoms with Crippen molar-refractivity contribution >= 4 is 22.1 Å². The van der Waals surface area contributed by atoms with E-state index >= 15 is 0 Å². The molecule has 0 N–H and O–H groups in total. The predicted octanol–water partition coefficient (Wildman–Crippen LogP) is 6.56. The molecule has 3 aromatic carbocycles. The molecule has 0 saturated heterocycles. The second-order valence-electron chi connectivity index (χ2n) is 6.52. The smallest absolute Gasteiger partial charge is 0.127 e. The van der Waals surface area contributed by atoms with Crippen molar-refractivity contribution in [3.05, 3.63) is 94.2 Å². The minimum atomic E-state index is -0.281. The van der Waals surface area contributed by atoms with Crippen LogP contribution < -0.4 is 4.74 Å². The zero-order valence-corrected chi connectivity index (χ0v) is 15.9. The summed E-state index contributed by atoms with van der Waals surface area (Å²) < 4.78 is 20.1. The van der Waals surface area contributed by atoms with Gasteiger partial charge in [-0.2, -0.15) is 0 Å². The number of ether oxygens (including phenoxy) is 1. The zero-order valence-electron chi connectivity index (χ0n) is 15.1. The Labute approximate surface area is 162 Å². The Hall–Kier alpha value is -2.72.